The molecule has 9 aromatic carbocycles. The Hall–Kier alpha value is -7.42. The maximum Gasteiger partial charge on any atom is 0.0488 e. The number of nitrogens with zero attached hydrogens (tertiary/aromatic N) is 2. The Balaban J connectivity index is 1.24. The average molecular weight is 785 g/mol. The van der Waals surface area contributed by atoms with E-state index in [2.05, 4.69) is 256 Å². The van der Waals surface area contributed by atoms with E-state index in [0.29, 0.717) is 0 Å². The van der Waals surface area contributed by atoms with E-state index in [1.807, 2.05) is 0 Å². The minimum atomic E-state index is -0.205. The van der Waals surface area contributed by atoms with E-state index in [4.69, 9.17) is 0 Å². The first-order chi connectivity index (χ1) is 29.8. The molecule has 0 heterocycles. The molecular formula is C59H48N2. The quantitative estimate of drug-likeness (QED) is 0.144. The second-order valence-electron chi connectivity index (χ2n) is 16.8. The van der Waals surface area contributed by atoms with Gasteiger partial charge in [-0.25, -0.2) is 0 Å². The molecule has 0 aliphatic heterocycles. The zero-order valence-electron chi connectivity index (χ0n) is 35.2. The summed E-state index contributed by atoms with van der Waals surface area (Å²) in [7, 11) is 0. The van der Waals surface area contributed by atoms with Crippen LogP contribution in [0.2, 0.25) is 0 Å². The molecule has 0 unspecified atom stereocenters. The molecule has 9 aromatic rings. The third-order valence-corrected chi connectivity index (χ3v) is 12.4. The Kier molecular flexibility index (Phi) is 9.70. The highest BCUT2D eigenvalue weighted by Gasteiger charge is 2.38. The molecule has 0 radical (unpaired) electrons. The summed E-state index contributed by atoms with van der Waals surface area (Å²) in [6, 6.07) is 79.6. The van der Waals surface area contributed by atoms with Crippen molar-refractivity contribution in [3.8, 4) is 44.5 Å². The summed E-state index contributed by atoms with van der Waals surface area (Å²) < 4.78 is 0. The largest absolute Gasteiger partial charge is 0.310 e. The Labute approximate surface area is 360 Å². The van der Waals surface area contributed by atoms with E-state index in [9.17, 15) is 0 Å². The van der Waals surface area contributed by atoms with Gasteiger partial charge in [-0.15, -0.1) is 0 Å². The Bertz CT molecular complexity index is 2990. The smallest absolute Gasteiger partial charge is 0.0488 e. The molecule has 0 spiro atoms. The van der Waals surface area contributed by atoms with E-state index in [-0.39, 0.29) is 5.41 Å². The molecule has 10 rings (SSSR count). The summed E-state index contributed by atoms with van der Waals surface area (Å²) in [4.78, 5) is 4.83. The fourth-order valence-electron chi connectivity index (χ4n) is 9.43. The highest BCUT2D eigenvalue weighted by atomic mass is 15.2. The topological polar surface area (TPSA) is 6.48 Å². The van der Waals surface area contributed by atoms with Crippen LogP contribution < -0.4 is 9.80 Å². The highest BCUT2D eigenvalue weighted by molar-refractivity contribution is 5.94. The molecule has 0 bridgehead atoms. The van der Waals surface area contributed by atoms with Gasteiger partial charge in [0.15, 0.2) is 0 Å². The van der Waals surface area contributed by atoms with Gasteiger partial charge in [0.25, 0.3) is 0 Å². The molecule has 0 saturated carbocycles. The van der Waals surface area contributed by atoms with Crippen LogP contribution in [0.4, 0.5) is 34.1 Å². The third kappa shape index (κ3) is 7.00. The molecule has 0 N–H and O–H groups in total. The van der Waals surface area contributed by atoms with E-state index < -0.39 is 0 Å². The van der Waals surface area contributed by atoms with Crippen LogP contribution >= 0.6 is 0 Å². The zero-order valence-corrected chi connectivity index (χ0v) is 35.2. The number of hydrogen-bond acceptors (Lipinski definition) is 2. The molecule has 61 heavy (non-hydrogen) atoms. The number of anilines is 6. The molecule has 0 aromatic heterocycles. The fourth-order valence-corrected chi connectivity index (χ4v) is 9.43. The predicted molar refractivity (Wildman–Crippen MR) is 259 cm³/mol. The van der Waals surface area contributed by atoms with Crippen LogP contribution in [0, 0.1) is 13.8 Å². The number of aryl methyl sites for hydroxylation is 2. The summed E-state index contributed by atoms with van der Waals surface area (Å²) in [6.07, 6.45) is 0. The Morgan fingerprint density at radius 1 is 0.328 bits per heavy atom. The van der Waals surface area contributed by atoms with Crippen LogP contribution in [0.3, 0.4) is 0 Å². The second-order valence-corrected chi connectivity index (χ2v) is 16.8. The number of para-hydroxylation sites is 2. The highest BCUT2D eigenvalue weighted by Crippen LogP contribution is 2.54. The van der Waals surface area contributed by atoms with Gasteiger partial charge in [-0.2, -0.15) is 0 Å². The molecular weight excluding hydrogens is 737 g/mol. The number of rotatable bonds is 9. The van der Waals surface area contributed by atoms with Crippen molar-refractivity contribution in [3.05, 3.63) is 241 Å². The molecule has 0 atom stereocenters. The minimum Gasteiger partial charge on any atom is -0.310 e. The number of benzene rings is 9. The van der Waals surface area contributed by atoms with E-state index in [1.165, 1.54) is 66.8 Å². The fraction of sp³-hybridized carbons (Fsp3) is 0.0847. The van der Waals surface area contributed by atoms with Gasteiger partial charge in [-0.3, -0.25) is 0 Å². The number of fused-ring (bicyclic) bond motifs is 3. The van der Waals surface area contributed by atoms with Crippen LogP contribution in [-0.4, -0.2) is 0 Å². The summed E-state index contributed by atoms with van der Waals surface area (Å²) in [6.45, 7) is 9.29. The minimum absolute atomic E-state index is 0.205. The first-order valence-corrected chi connectivity index (χ1v) is 21.3. The first-order valence-electron chi connectivity index (χ1n) is 21.3. The van der Waals surface area contributed by atoms with Crippen LogP contribution in [-0.2, 0) is 5.41 Å². The van der Waals surface area contributed by atoms with Crippen molar-refractivity contribution in [1.82, 2.24) is 0 Å². The molecule has 0 amide bonds. The number of hydrogen-bond donors (Lipinski definition) is 0. The zero-order chi connectivity index (χ0) is 41.5. The van der Waals surface area contributed by atoms with Crippen LogP contribution in [0.25, 0.3) is 44.5 Å². The predicted octanol–water partition coefficient (Wildman–Crippen LogP) is 16.6. The van der Waals surface area contributed by atoms with Crippen molar-refractivity contribution in [2.24, 2.45) is 0 Å². The van der Waals surface area contributed by atoms with Crippen LogP contribution in [0.15, 0.2) is 218 Å². The average Bonchev–Trinajstić information content (AvgIpc) is 3.53. The van der Waals surface area contributed by atoms with Gasteiger partial charge in [-0.05, 0) is 142 Å². The van der Waals surface area contributed by atoms with Gasteiger partial charge in [0.1, 0.15) is 0 Å². The van der Waals surface area contributed by atoms with Crippen LogP contribution in [0.1, 0.15) is 36.1 Å². The monoisotopic (exact) mass is 784 g/mol. The summed E-state index contributed by atoms with van der Waals surface area (Å²) in [5.41, 5.74) is 21.5. The van der Waals surface area contributed by atoms with Gasteiger partial charge in [-0.1, -0.05) is 171 Å². The molecule has 1 aliphatic carbocycles. The molecule has 2 heteroatoms. The summed E-state index contributed by atoms with van der Waals surface area (Å²) >= 11 is 0. The molecule has 294 valence electrons. The first kappa shape index (κ1) is 37.8. The lowest BCUT2D eigenvalue weighted by molar-refractivity contribution is 0.661. The maximum absolute atomic E-state index is 2.42. The normalized spacial score (nSPS) is 12.4. The van der Waals surface area contributed by atoms with Gasteiger partial charge >= 0.3 is 0 Å². The maximum atomic E-state index is 2.42. The van der Waals surface area contributed by atoms with Crippen molar-refractivity contribution in [2.75, 3.05) is 9.80 Å². The van der Waals surface area contributed by atoms with E-state index in [0.717, 1.165) is 34.1 Å². The van der Waals surface area contributed by atoms with E-state index >= 15 is 0 Å². The lowest BCUT2D eigenvalue weighted by Crippen LogP contribution is -2.17. The van der Waals surface area contributed by atoms with Gasteiger partial charge in [0, 0.05) is 39.5 Å². The molecule has 2 nitrogen and oxygen atoms in total. The van der Waals surface area contributed by atoms with Crippen molar-refractivity contribution < 1.29 is 0 Å². The van der Waals surface area contributed by atoms with E-state index in [1.54, 1.807) is 0 Å². The van der Waals surface area contributed by atoms with Crippen molar-refractivity contribution in [3.63, 3.8) is 0 Å². The standard InChI is InChI=1S/C59H48N2/c1-41-28-34-54-55-35-29-42(2)57(58(55)59(3,4)56(54)36-41)47-38-52(60(48-23-13-7-14-24-48)50-32-30-45(31-33-50)43-18-9-5-10-19-43)40-53(39-47)61(49-25-15-8-16-26-49)51-27-17-22-46(37-51)44-20-11-6-12-21-44/h5-40H,1-4H3. The SMILES string of the molecule is Cc1ccc2c(c1)C(C)(C)c1c-2ccc(C)c1-c1cc(N(c2ccccc2)c2ccc(-c3ccccc3)cc2)cc(N(c2ccccc2)c2cccc(-c3ccccc3)c2)c1. The van der Waals surface area contributed by atoms with Gasteiger partial charge in [0.2, 0.25) is 0 Å². The van der Waals surface area contributed by atoms with Crippen molar-refractivity contribution >= 4 is 34.1 Å². The summed E-state index contributed by atoms with van der Waals surface area (Å²) in [5, 5.41) is 0. The Morgan fingerprint density at radius 3 is 1.39 bits per heavy atom. The third-order valence-electron chi connectivity index (χ3n) is 12.4. The van der Waals surface area contributed by atoms with Crippen molar-refractivity contribution in [1.29, 1.82) is 0 Å². The second kappa shape index (κ2) is 15.6. The molecule has 0 fully saturated rings. The Morgan fingerprint density at radius 2 is 0.787 bits per heavy atom. The lowest BCUT2D eigenvalue weighted by atomic mass is 9.77. The van der Waals surface area contributed by atoms with Gasteiger partial charge in [0.05, 0.1) is 0 Å². The van der Waals surface area contributed by atoms with Crippen LogP contribution in [0.5, 0.6) is 0 Å². The van der Waals surface area contributed by atoms with Gasteiger partial charge < -0.3 is 9.80 Å². The molecule has 1 aliphatic rings. The van der Waals surface area contributed by atoms with Crippen molar-refractivity contribution in [2.45, 2.75) is 33.1 Å². The molecule has 0 saturated heterocycles. The lowest BCUT2D eigenvalue weighted by Gasteiger charge is -2.32. The summed E-state index contributed by atoms with van der Waals surface area (Å²) in [5.74, 6) is 0.